The van der Waals surface area contributed by atoms with Gasteiger partial charge in [-0.3, -0.25) is 4.79 Å². The lowest BCUT2D eigenvalue weighted by molar-refractivity contribution is -0.167. The lowest BCUT2D eigenvalue weighted by atomic mass is 10.3. The molecule has 0 spiro atoms. The molecule has 0 aliphatic heterocycles. The van der Waals surface area contributed by atoms with Gasteiger partial charge in [0, 0.05) is 12.4 Å². The molecule has 1 aromatic rings. The third kappa shape index (κ3) is 3.29. The van der Waals surface area contributed by atoms with Crippen LogP contribution in [0.15, 0.2) is 33.6 Å². The molecule has 5 nitrogen and oxygen atoms in total. The van der Waals surface area contributed by atoms with E-state index in [0.29, 0.717) is 0 Å². The summed E-state index contributed by atoms with van der Waals surface area (Å²) in [6.45, 7) is 2.86. The summed E-state index contributed by atoms with van der Waals surface area (Å²) in [5.41, 5.74) is -0.180. The van der Waals surface area contributed by atoms with Crippen LogP contribution in [0, 0.1) is 0 Å². The van der Waals surface area contributed by atoms with Gasteiger partial charge in [-0.15, -0.1) is 0 Å². The van der Waals surface area contributed by atoms with Crippen molar-refractivity contribution in [1.29, 1.82) is 0 Å². The Balaban J connectivity index is 2.92. The molecule has 0 atom stereocenters. The fourth-order valence-corrected chi connectivity index (χ4v) is 1.62. The third-order valence-corrected chi connectivity index (χ3v) is 3.05. The van der Waals surface area contributed by atoms with Crippen LogP contribution >= 0.6 is 0 Å². The Kier molecular flexibility index (Phi) is 3.75. The number of alkyl halides is 3. The van der Waals surface area contributed by atoms with E-state index in [0.717, 1.165) is 24.3 Å². The minimum atomic E-state index is -5.01. The maximum Gasteiger partial charge on any atom is 0.471 e. The number of halogens is 3. The second-order valence-electron chi connectivity index (χ2n) is 3.08. The van der Waals surface area contributed by atoms with Crippen molar-refractivity contribution in [3.8, 4) is 0 Å². The molecule has 18 heavy (non-hydrogen) atoms. The van der Waals surface area contributed by atoms with Gasteiger partial charge in [-0.1, -0.05) is 0 Å². The minimum Gasteiger partial charge on any atom is -0.318 e. The molecule has 0 aliphatic carbocycles. The topological polar surface area (TPSA) is 75.6 Å². The van der Waals surface area contributed by atoms with Gasteiger partial charge >= 0.3 is 12.1 Å². The quantitative estimate of drug-likeness (QED) is 0.854. The molecule has 0 fully saturated rings. The predicted octanol–water partition coefficient (Wildman–Crippen LogP) is 1.58. The molecule has 0 unspecified atom stereocenters. The first kappa shape index (κ1) is 14.2. The van der Waals surface area contributed by atoms with Gasteiger partial charge in [0.15, 0.2) is 0 Å². The Morgan fingerprint density at radius 3 is 2.11 bits per heavy atom. The van der Waals surface area contributed by atoms with E-state index in [2.05, 4.69) is 11.1 Å². The van der Waals surface area contributed by atoms with Crippen molar-refractivity contribution in [1.82, 2.24) is 0 Å². The van der Waals surface area contributed by atoms with Gasteiger partial charge in [-0.05, 0) is 24.3 Å². The average molecular weight is 280 g/mol. The maximum absolute atomic E-state index is 11.9. The molecule has 1 aromatic carbocycles. The summed E-state index contributed by atoms with van der Waals surface area (Å²) < 4.78 is 61.0. The fraction of sp³-hybridized carbons (Fsp3) is 0.111. The van der Waals surface area contributed by atoms with Crippen LogP contribution < -0.4 is 5.32 Å². The molecule has 0 aromatic heterocycles. The van der Waals surface area contributed by atoms with Crippen LogP contribution in [0.2, 0.25) is 0 Å². The Morgan fingerprint density at radius 2 is 1.72 bits per heavy atom. The summed E-state index contributed by atoms with van der Waals surface area (Å²) in [4.78, 5) is 10.4. The predicted molar refractivity (Wildman–Crippen MR) is 57.9 cm³/mol. The fourth-order valence-electron chi connectivity index (χ4n) is 0.987. The van der Waals surface area contributed by atoms with Gasteiger partial charge in [0.05, 0.1) is 4.90 Å². The van der Waals surface area contributed by atoms with Crippen LogP contribution in [0.1, 0.15) is 0 Å². The molecule has 98 valence electrons. The van der Waals surface area contributed by atoms with Crippen LogP contribution in [0.25, 0.3) is 0 Å². The number of sulfonamides is 1. The SMILES string of the molecule is C=NS(=O)(=O)c1ccc(NC(=O)C(F)(F)F)cc1. The zero-order valence-corrected chi connectivity index (χ0v) is 9.55. The van der Waals surface area contributed by atoms with E-state index in [1.807, 2.05) is 0 Å². The second-order valence-corrected chi connectivity index (χ2v) is 4.76. The molecule has 0 bridgehead atoms. The number of rotatable bonds is 3. The molecule has 1 rings (SSSR count). The number of anilines is 1. The van der Waals surface area contributed by atoms with Crippen molar-refractivity contribution in [2.45, 2.75) is 11.1 Å². The van der Waals surface area contributed by atoms with E-state index in [1.165, 1.54) is 0 Å². The first-order chi connectivity index (χ1) is 8.16. The Morgan fingerprint density at radius 1 is 1.22 bits per heavy atom. The van der Waals surface area contributed by atoms with Gasteiger partial charge < -0.3 is 5.32 Å². The van der Waals surface area contributed by atoms with E-state index in [-0.39, 0.29) is 10.6 Å². The van der Waals surface area contributed by atoms with Crippen LogP contribution in [-0.4, -0.2) is 27.2 Å². The highest BCUT2D eigenvalue weighted by molar-refractivity contribution is 7.90. The number of hydrogen-bond donors (Lipinski definition) is 1. The van der Waals surface area contributed by atoms with Crippen molar-refractivity contribution in [3.63, 3.8) is 0 Å². The number of amides is 1. The molecule has 0 radical (unpaired) electrons. The number of carbonyl (C=O) groups excluding carboxylic acids is 1. The van der Waals surface area contributed by atoms with E-state index in [1.54, 1.807) is 5.32 Å². The molecule has 0 saturated heterocycles. The highest BCUT2D eigenvalue weighted by atomic mass is 32.2. The van der Waals surface area contributed by atoms with Crippen molar-refractivity contribution in [2.24, 2.45) is 4.40 Å². The Bertz CT molecular complexity index is 564. The minimum absolute atomic E-state index is 0.180. The van der Waals surface area contributed by atoms with Crippen molar-refractivity contribution in [3.05, 3.63) is 24.3 Å². The molecular formula is C9H7F3N2O3S. The number of hydrogen-bond acceptors (Lipinski definition) is 3. The highest BCUT2D eigenvalue weighted by Crippen LogP contribution is 2.20. The summed E-state index contributed by atoms with van der Waals surface area (Å²) >= 11 is 0. The van der Waals surface area contributed by atoms with E-state index < -0.39 is 22.1 Å². The third-order valence-electron chi connectivity index (χ3n) is 1.84. The Labute approximate surface area is 100 Å². The molecule has 0 aliphatic rings. The number of nitrogens with one attached hydrogen (secondary N) is 1. The lowest BCUT2D eigenvalue weighted by Crippen LogP contribution is -2.29. The molecule has 9 heteroatoms. The van der Waals surface area contributed by atoms with E-state index in [9.17, 15) is 26.4 Å². The van der Waals surface area contributed by atoms with Crippen molar-refractivity contribution < 1.29 is 26.4 Å². The normalized spacial score (nSPS) is 11.9. The number of benzene rings is 1. The summed E-state index contributed by atoms with van der Waals surface area (Å²) in [5.74, 6) is -2.14. The molecule has 1 N–H and O–H groups in total. The van der Waals surface area contributed by atoms with Gasteiger partial charge in [0.2, 0.25) is 0 Å². The highest BCUT2D eigenvalue weighted by Gasteiger charge is 2.38. The van der Waals surface area contributed by atoms with Crippen LogP contribution in [0.3, 0.4) is 0 Å². The average Bonchev–Trinajstić information content (AvgIpc) is 2.28. The zero-order chi connectivity index (χ0) is 14.0. The van der Waals surface area contributed by atoms with E-state index in [4.69, 9.17) is 0 Å². The zero-order valence-electron chi connectivity index (χ0n) is 8.73. The molecular weight excluding hydrogens is 273 g/mol. The Hall–Kier alpha value is -1.90. The largest absolute Gasteiger partial charge is 0.471 e. The van der Waals surface area contributed by atoms with Crippen molar-refractivity contribution in [2.75, 3.05) is 5.32 Å². The molecule has 1 amide bonds. The summed E-state index contributed by atoms with van der Waals surface area (Å²) in [6.07, 6.45) is -5.01. The summed E-state index contributed by atoms with van der Waals surface area (Å²) in [7, 11) is -3.89. The number of carbonyl (C=O) groups is 1. The van der Waals surface area contributed by atoms with Gasteiger partial charge in [-0.2, -0.15) is 26.0 Å². The van der Waals surface area contributed by atoms with Gasteiger partial charge in [0.25, 0.3) is 10.0 Å². The first-order valence-corrected chi connectivity index (χ1v) is 5.82. The standard InChI is InChI=1S/C9H7F3N2O3S/c1-13-18(16,17)7-4-2-6(3-5-7)14-8(15)9(10,11)12/h2-5H,1H2,(H,14,15). The maximum atomic E-state index is 11.9. The monoisotopic (exact) mass is 280 g/mol. The van der Waals surface area contributed by atoms with Crippen molar-refractivity contribution >= 4 is 28.3 Å². The van der Waals surface area contributed by atoms with Gasteiger partial charge in [0.1, 0.15) is 0 Å². The number of nitrogens with zero attached hydrogens (tertiary/aromatic N) is 1. The second kappa shape index (κ2) is 4.77. The first-order valence-electron chi connectivity index (χ1n) is 4.38. The summed E-state index contributed by atoms with van der Waals surface area (Å²) in [5, 5.41) is 1.57. The lowest BCUT2D eigenvalue weighted by Gasteiger charge is -2.08. The van der Waals surface area contributed by atoms with Crippen LogP contribution in [-0.2, 0) is 14.8 Å². The molecule has 0 saturated carbocycles. The van der Waals surface area contributed by atoms with Crippen LogP contribution in [0.5, 0.6) is 0 Å². The molecule has 0 heterocycles. The smallest absolute Gasteiger partial charge is 0.318 e. The van der Waals surface area contributed by atoms with Gasteiger partial charge in [-0.25, -0.2) is 0 Å². The van der Waals surface area contributed by atoms with Crippen LogP contribution in [0.4, 0.5) is 18.9 Å². The van der Waals surface area contributed by atoms with E-state index >= 15 is 0 Å². The summed E-state index contributed by atoms with van der Waals surface area (Å²) in [6, 6.07) is 4.05.